The van der Waals surface area contributed by atoms with Gasteiger partial charge < -0.3 is 14.7 Å². The van der Waals surface area contributed by atoms with Gasteiger partial charge in [0.1, 0.15) is 5.60 Å². The molecule has 0 bridgehead atoms. The fraction of sp³-hybridized carbons (Fsp3) is 0.833. The highest BCUT2D eigenvalue weighted by atomic mass is 16.6. The van der Waals surface area contributed by atoms with Crippen LogP contribution in [0.2, 0.25) is 0 Å². The largest absolute Gasteiger partial charge is 0.460 e. The van der Waals surface area contributed by atoms with Crippen LogP contribution in [0.3, 0.4) is 0 Å². The number of rotatable bonds is 6. The molecule has 1 N–H and O–H groups in total. The van der Waals surface area contributed by atoms with Gasteiger partial charge in [-0.15, -0.1) is 0 Å². The van der Waals surface area contributed by atoms with Crippen molar-refractivity contribution in [3.8, 4) is 0 Å². The Morgan fingerprint density at radius 3 is 2.24 bits per heavy atom. The van der Waals surface area contributed by atoms with Gasteiger partial charge in [0.05, 0.1) is 13.0 Å². The van der Waals surface area contributed by atoms with Gasteiger partial charge in [0.25, 0.3) is 0 Å². The van der Waals surface area contributed by atoms with Gasteiger partial charge in [-0.05, 0) is 27.7 Å². The predicted molar refractivity (Wildman–Crippen MR) is 64.4 cm³/mol. The molecule has 0 unspecified atom stereocenters. The Morgan fingerprint density at radius 1 is 1.24 bits per heavy atom. The molecule has 0 saturated carbocycles. The lowest BCUT2D eigenvalue weighted by atomic mass is 10.2. The first-order chi connectivity index (χ1) is 7.80. The van der Waals surface area contributed by atoms with Crippen molar-refractivity contribution in [3.05, 3.63) is 0 Å². The Kier molecular flexibility index (Phi) is 6.80. The van der Waals surface area contributed by atoms with Gasteiger partial charge in [-0.3, -0.25) is 9.59 Å². The molecule has 0 saturated heterocycles. The van der Waals surface area contributed by atoms with Gasteiger partial charge in [-0.1, -0.05) is 0 Å². The molecule has 5 nitrogen and oxygen atoms in total. The molecule has 5 heteroatoms. The summed E-state index contributed by atoms with van der Waals surface area (Å²) >= 11 is 0. The van der Waals surface area contributed by atoms with E-state index in [9.17, 15) is 9.59 Å². The van der Waals surface area contributed by atoms with Crippen LogP contribution in [-0.4, -0.2) is 47.2 Å². The highest BCUT2D eigenvalue weighted by Crippen LogP contribution is 2.09. The highest BCUT2D eigenvalue weighted by Gasteiger charge is 2.18. The van der Waals surface area contributed by atoms with E-state index in [0.29, 0.717) is 13.1 Å². The lowest BCUT2D eigenvalue weighted by molar-refractivity contribution is -0.156. The fourth-order valence-corrected chi connectivity index (χ4v) is 1.34. The van der Waals surface area contributed by atoms with Gasteiger partial charge in [0, 0.05) is 19.5 Å². The lowest BCUT2D eigenvalue weighted by Gasteiger charge is -2.21. The van der Waals surface area contributed by atoms with Crippen LogP contribution in [0.25, 0.3) is 0 Å². The van der Waals surface area contributed by atoms with Crippen LogP contribution >= 0.6 is 0 Å². The Morgan fingerprint density at radius 2 is 1.82 bits per heavy atom. The van der Waals surface area contributed by atoms with Crippen LogP contribution in [0.5, 0.6) is 0 Å². The molecule has 0 rings (SSSR count). The summed E-state index contributed by atoms with van der Waals surface area (Å²) < 4.78 is 5.10. The first-order valence-electron chi connectivity index (χ1n) is 5.90. The number of nitrogens with zero attached hydrogens (tertiary/aromatic N) is 1. The summed E-state index contributed by atoms with van der Waals surface area (Å²) in [5.74, 6) is -0.502. The second kappa shape index (κ2) is 7.27. The molecule has 0 atom stereocenters. The molecule has 0 aromatic carbocycles. The smallest absolute Gasteiger partial charge is 0.306 e. The van der Waals surface area contributed by atoms with Gasteiger partial charge in [-0.25, -0.2) is 0 Å². The van der Waals surface area contributed by atoms with E-state index in [1.165, 1.54) is 4.90 Å². The maximum absolute atomic E-state index is 11.6. The second-order valence-corrected chi connectivity index (χ2v) is 4.78. The molecule has 0 aromatic rings. The maximum atomic E-state index is 11.6. The Hall–Kier alpha value is -1.10. The molecular weight excluding hydrogens is 222 g/mol. The number of hydrogen-bond acceptors (Lipinski definition) is 4. The number of aliphatic hydroxyl groups excluding tert-OH is 1. The standard InChI is InChI=1S/C12H23NO4/c1-5-13(8-9-14)10(15)6-7-11(16)17-12(2,3)4/h14H,5-9H2,1-4H3. The second-order valence-electron chi connectivity index (χ2n) is 4.78. The van der Waals surface area contributed by atoms with Crippen LogP contribution in [0.15, 0.2) is 0 Å². The zero-order valence-electron chi connectivity index (χ0n) is 11.2. The van der Waals surface area contributed by atoms with Crippen LogP contribution < -0.4 is 0 Å². The predicted octanol–water partition coefficient (Wildman–Crippen LogP) is 0.949. The summed E-state index contributed by atoms with van der Waals surface area (Å²) in [7, 11) is 0. The number of likely N-dealkylation sites (N-methyl/N-ethyl adjacent to an activating group) is 1. The molecule has 0 radical (unpaired) electrons. The maximum Gasteiger partial charge on any atom is 0.306 e. The van der Waals surface area contributed by atoms with Crippen LogP contribution in [0.4, 0.5) is 0 Å². The van der Waals surface area contributed by atoms with Crippen molar-refractivity contribution in [1.29, 1.82) is 0 Å². The number of hydrogen-bond donors (Lipinski definition) is 1. The fourth-order valence-electron chi connectivity index (χ4n) is 1.34. The summed E-state index contributed by atoms with van der Waals surface area (Å²) in [4.78, 5) is 24.5. The van der Waals surface area contributed by atoms with E-state index in [0.717, 1.165) is 0 Å². The normalized spacial score (nSPS) is 11.1. The summed E-state index contributed by atoms with van der Waals surface area (Å²) in [6, 6.07) is 0. The molecule has 1 amide bonds. The monoisotopic (exact) mass is 245 g/mol. The Labute approximate surface area is 103 Å². The van der Waals surface area contributed by atoms with Crippen molar-refractivity contribution >= 4 is 11.9 Å². The minimum Gasteiger partial charge on any atom is -0.460 e. The average molecular weight is 245 g/mol. The van der Waals surface area contributed by atoms with E-state index in [-0.39, 0.29) is 31.3 Å². The van der Waals surface area contributed by atoms with Crippen molar-refractivity contribution in [2.24, 2.45) is 0 Å². The number of carbonyl (C=O) groups is 2. The Balaban J connectivity index is 4.02. The molecule has 0 heterocycles. The molecule has 0 aliphatic carbocycles. The molecule has 100 valence electrons. The molecule has 0 fully saturated rings. The SMILES string of the molecule is CCN(CCO)C(=O)CCC(=O)OC(C)(C)C. The third-order valence-electron chi connectivity index (χ3n) is 2.07. The minimum absolute atomic E-state index is 0.0635. The molecule has 17 heavy (non-hydrogen) atoms. The summed E-state index contributed by atoms with van der Waals surface area (Å²) in [5.41, 5.74) is -0.518. The minimum atomic E-state index is -0.518. The number of amides is 1. The third kappa shape index (κ3) is 7.74. The number of aliphatic hydroxyl groups is 1. The highest BCUT2D eigenvalue weighted by molar-refractivity contribution is 5.81. The van der Waals surface area contributed by atoms with Gasteiger partial charge in [0.2, 0.25) is 5.91 Å². The number of carbonyl (C=O) groups excluding carboxylic acids is 2. The van der Waals surface area contributed by atoms with Crippen molar-refractivity contribution in [1.82, 2.24) is 4.90 Å². The van der Waals surface area contributed by atoms with Gasteiger partial charge in [0.15, 0.2) is 0 Å². The van der Waals surface area contributed by atoms with E-state index in [1.54, 1.807) is 20.8 Å². The molecule has 0 aliphatic rings. The van der Waals surface area contributed by atoms with E-state index in [1.807, 2.05) is 6.92 Å². The van der Waals surface area contributed by atoms with Crippen molar-refractivity contribution in [2.45, 2.75) is 46.1 Å². The first-order valence-corrected chi connectivity index (χ1v) is 5.90. The van der Waals surface area contributed by atoms with E-state index < -0.39 is 5.60 Å². The first kappa shape index (κ1) is 15.9. The molecule has 0 spiro atoms. The number of esters is 1. The van der Waals surface area contributed by atoms with E-state index >= 15 is 0 Å². The van der Waals surface area contributed by atoms with E-state index in [4.69, 9.17) is 9.84 Å². The number of ether oxygens (including phenoxy) is 1. The van der Waals surface area contributed by atoms with Gasteiger partial charge in [-0.2, -0.15) is 0 Å². The zero-order valence-corrected chi connectivity index (χ0v) is 11.2. The van der Waals surface area contributed by atoms with Gasteiger partial charge >= 0.3 is 5.97 Å². The van der Waals surface area contributed by atoms with Crippen LogP contribution in [0.1, 0.15) is 40.5 Å². The Bertz CT molecular complexity index is 258. The molecular formula is C12H23NO4. The van der Waals surface area contributed by atoms with Crippen LogP contribution in [0, 0.1) is 0 Å². The summed E-state index contributed by atoms with van der Waals surface area (Å²) in [6.45, 7) is 7.98. The summed E-state index contributed by atoms with van der Waals surface area (Å²) in [5, 5.41) is 8.76. The quantitative estimate of drug-likeness (QED) is 0.707. The summed E-state index contributed by atoms with van der Waals surface area (Å²) in [6.07, 6.45) is 0.209. The van der Waals surface area contributed by atoms with Crippen molar-refractivity contribution in [2.75, 3.05) is 19.7 Å². The van der Waals surface area contributed by atoms with E-state index in [2.05, 4.69) is 0 Å². The zero-order chi connectivity index (χ0) is 13.5. The van der Waals surface area contributed by atoms with Crippen molar-refractivity contribution < 1.29 is 19.4 Å². The van der Waals surface area contributed by atoms with Crippen molar-refractivity contribution in [3.63, 3.8) is 0 Å². The van der Waals surface area contributed by atoms with Crippen LogP contribution in [-0.2, 0) is 14.3 Å². The molecule has 0 aromatic heterocycles. The third-order valence-corrected chi connectivity index (χ3v) is 2.07. The average Bonchev–Trinajstić information content (AvgIpc) is 2.20. The molecule has 0 aliphatic heterocycles. The topological polar surface area (TPSA) is 66.8 Å². The lowest BCUT2D eigenvalue weighted by Crippen LogP contribution is -2.34.